The molecule has 0 saturated carbocycles. The van der Waals surface area contributed by atoms with E-state index in [0.717, 1.165) is 12.8 Å². The summed E-state index contributed by atoms with van der Waals surface area (Å²) >= 11 is 0. The second-order valence-corrected chi connectivity index (χ2v) is 2.65. The van der Waals surface area contributed by atoms with Crippen LogP contribution >= 0.6 is 0 Å². The summed E-state index contributed by atoms with van der Waals surface area (Å²) in [5.41, 5.74) is -0.295. The van der Waals surface area contributed by atoms with Gasteiger partial charge in [-0.1, -0.05) is 31.2 Å². The second kappa shape index (κ2) is 3.31. The molecule has 0 aromatic rings. The van der Waals surface area contributed by atoms with Gasteiger partial charge < -0.3 is 0 Å². The van der Waals surface area contributed by atoms with Crippen LogP contribution in [-0.4, -0.2) is 11.6 Å². The molecule has 0 bridgehead atoms. The van der Waals surface area contributed by atoms with Crippen LogP contribution in [0, 0.1) is 0 Å². The van der Waals surface area contributed by atoms with E-state index in [1.54, 1.807) is 6.08 Å². The number of allylic oxidation sites excluding steroid dienone is 2. The molecule has 11 heavy (non-hydrogen) atoms. The molecule has 0 fully saturated rings. The number of hydrogen-bond donors (Lipinski definition) is 0. The molecule has 0 radical (unpaired) electrons. The van der Waals surface area contributed by atoms with Crippen molar-refractivity contribution in [3.63, 3.8) is 0 Å². The minimum atomic E-state index is -0.295. The van der Waals surface area contributed by atoms with Gasteiger partial charge in [0.2, 0.25) is 6.08 Å². The zero-order chi connectivity index (χ0) is 8.16. The Labute approximate surface area is 66.3 Å². The lowest BCUT2D eigenvalue weighted by Crippen LogP contribution is -2.22. The zero-order valence-electron chi connectivity index (χ0n) is 6.58. The monoisotopic (exact) mass is 149 g/mol. The fraction of sp³-hybridized carbons (Fsp3) is 0.444. The summed E-state index contributed by atoms with van der Waals surface area (Å²) in [4.78, 5) is 13.9. The van der Waals surface area contributed by atoms with Gasteiger partial charge in [0.25, 0.3) is 0 Å². The van der Waals surface area contributed by atoms with E-state index < -0.39 is 0 Å². The fourth-order valence-corrected chi connectivity index (χ4v) is 1.17. The van der Waals surface area contributed by atoms with Gasteiger partial charge in [-0.3, -0.25) is 0 Å². The predicted molar refractivity (Wildman–Crippen MR) is 44.0 cm³/mol. The first-order valence-corrected chi connectivity index (χ1v) is 3.76. The highest BCUT2D eigenvalue weighted by atomic mass is 16.1. The van der Waals surface area contributed by atoms with Gasteiger partial charge >= 0.3 is 0 Å². The number of carbonyl (C=O) groups excluding carboxylic acids is 1. The lowest BCUT2D eigenvalue weighted by Gasteiger charge is -2.22. The molecule has 1 rings (SSSR count). The van der Waals surface area contributed by atoms with Crippen molar-refractivity contribution in [1.29, 1.82) is 0 Å². The first kappa shape index (κ1) is 7.96. The average molecular weight is 149 g/mol. The van der Waals surface area contributed by atoms with Crippen molar-refractivity contribution in [2.24, 2.45) is 4.99 Å². The van der Waals surface area contributed by atoms with Crippen LogP contribution in [0.1, 0.15) is 19.8 Å². The summed E-state index contributed by atoms with van der Waals surface area (Å²) < 4.78 is 0. The molecular formula is C9H11NO. The smallest absolute Gasteiger partial charge is 0.211 e. The van der Waals surface area contributed by atoms with Crippen molar-refractivity contribution >= 4 is 6.08 Å². The van der Waals surface area contributed by atoms with E-state index in [-0.39, 0.29) is 5.54 Å². The van der Waals surface area contributed by atoms with Crippen LogP contribution in [0.2, 0.25) is 0 Å². The molecule has 0 saturated heterocycles. The van der Waals surface area contributed by atoms with Gasteiger partial charge in [0.05, 0.1) is 5.54 Å². The van der Waals surface area contributed by atoms with E-state index in [0.29, 0.717) is 0 Å². The maximum atomic E-state index is 10.1. The first-order chi connectivity index (χ1) is 5.33. The number of hydrogen-bond acceptors (Lipinski definition) is 2. The van der Waals surface area contributed by atoms with Gasteiger partial charge in [-0.05, 0) is 12.8 Å². The topological polar surface area (TPSA) is 29.4 Å². The van der Waals surface area contributed by atoms with Gasteiger partial charge in [0.1, 0.15) is 0 Å². The van der Waals surface area contributed by atoms with Gasteiger partial charge in [-0.25, -0.2) is 4.79 Å². The van der Waals surface area contributed by atoms with Gasteiger partial charge in [0, 0.05) is 0 Å². The highest BCUT2D eigenvalue weighted by Gasteiger charge is 2.23. The zero-order valence-corrected chi connectivity index (χ0v) is 6.58. The normalized spacial score (nSPS) is 28.1. The van der Waals surface area contributed by atoms with Gasteiger partial charge in [-0.2, -0.15) is 4.99 Å². The van der Waals surface area contributed by atoms with Crippen LogP contribution in [0.3, 0.4) is 0 Å². The third-order valence-corrected chi connectivity index (χ3v) is 2.01. The highest BCUT2D eigenvalue weighted by molar-refractivity contribution is 5.37. The van der Waals surface area contributed by atoms with Crippen LogP contribution in [0.25, 0.3) is 0 Å². The fourth-order valence-electron chi connectivity index (χ4n) is 1.17. The third-order valence-electron chi connectivity index (χ3n) is 2.01. The molecule has 58 valence electrons. The van der Waals surface area contributed by atoms with Crippen LogP contribution in [0.4, 0.5) is 0 Å². The SMILES string of the molecule is CC[C@]1(N=C=O)C=CC=CC1. The molecule has 0 spiro atoms. The lowest BCUT2D eigenvalue weighted by molar-refractivity contribution is 0.499. The standard InChI is InChI=1S/C9H11NO/c1-2-9(10-8-11)6-4-3-5-7-9/h3-6H,2,7H2,1H3/t9-/m0/s1. The van der Waals surface area contributed by atoms with E-state index in [1.165, 1.54) is 0 Å². The van der Waals surface area contributed by atoms with Crippen molar-refractivity contribution in [3.8, 4) is 0 Å². The Bertz CT molecular complexity index is 236. The summed E-state index contributed by atoms with van der Waals surface area (Å²) in [5.74, 6) is 0. The first-order valence-electron chi connectivity index (χ1n) is 3.76. The average Bonchev–Trinajstić information content (AvgIpc) is 2.07. The number of rotatable bonds is 2. The van der Waals surface area contributed by atoms with E-state index in [1.807, 2.05) is 31.2 Å². The quantitative estimate of drug-likeness (QED) is 0.436. The Morgan fingerprint density at radius 1 is 1.64 bits per heavy atom. The summed E-state index contributed by atoms with van der Waals surface area (Å²) in [6.07, 6.45) is 11.1. The van der Waals surface area contributed by atoms with Crippen LogP contribution < -0.4 is 0 Å². The lowest BCUT2D eigenvalue weighted by atomic mass is 9.89. The summed E-state index contributed by atoms with van der Waals surface area (Å²) in [7, 11) is 0. The van der Waals surface area contributed by atoms with Crippen LogP contribution in [-0.2, 0) is 4.79 Å². The van der Waals surface area contributed by atoms with Gasteiger partial charge in [-0.15, -0.1) is 0 Å². The third kappa shape index (κ3) is 1.66. The maximum absolute atomic E-state index is 10.1. The highest BCUT2D eigenvalue weighted by Crippen LogP contribution is 2.25. The number of isocyanates is 1. The maximum Gasteiger partial charge on any atom is 0.235 e. The van der Waals surface area contributed by atoms with Crippen molar-refractivity contribution in [2.45, 2.75) is 25.3 Å². The van der Waals surface area contributed by atoms with Crippen LogP contribution in [0.5, 0.6) is 0 Å². The molecular weight excluding hydrogens is 138 g/mol. The van der Waals surface area contributed by atoms with Crippen molar-refractivity contribution in [2.75, 3.05) is 0 Å². The molecule has 0 aliphatic heterocycles. The molecule has 0 amide bonds. The molecule has 1 atom stereocenters. The Morgan fingerprint density at radius 3 is 2.91 bits per heavy atom. The Hall–Kier alpha value is -1.14. The molecule has 2 nitrogen and oxygen atoms in total. The minimum Gasteiger partial charge on any atom is -0.211 e. The van der Waals surface area contributed by atoms with Crippen LogP contribution in [0.15, 0.2) is 29.3 Å². The predicted octanol–water partition coefficient (Wildman–Crippen LogP) is 1.99. The van der Waals surface area contributed by atoms with Crippen molar-refractivity contribution in [1.82, 2.24) is 0 Å². The van der Waals surface area contributed by atoms with Crippen molar-refractivity contribution in [3.05, 3.63) is 24.3 Å². The second-order valence-electron chi connectivity index (χ2n) is 2.65. The van der Waals surface area contributed by atoms with Crippen molar-refractivity contribution < 1.29 is 4.79 Å². The minimum absolute atomic E-state index is 0.295. The summed E-state index contributed by atoms with van der Waals surface area (Å²) in [6.45, 7) is 2.02. The molecule has 0 aromatic carbocycles. The largest absolute Gasteiger partial charge is 0.235 e. The molecule has 2 heteroatoms. The molecule has 0 N–H and O–H groups in total. The Balaban J connectivity index is 2.84. The van der Waals surface area contributed by atoms with Gasteiger partial charge in [0.15, 0.2) is 0 Å². The Kier molecular flexibility index (Phi) is 2.40. The number of nitrogens with zero attached hydrogens (tertiary/aromatic N) is 1. The molecule has 1 aliphatic rings. The summed E-state index contributed by atoms with van der Waals surface area (Å²) in [6, 6.07) is 0. The number of aliphatic imine (C=N–C) groups is 1. The van der Waals surface area contributed by atoms with E-state index in [4.69, 9.17) is 0 Å². The molecule has 0 heterocycles. The molecule has 0 unspecified atom stereocenters. The Morgan fingerprint density at radius 2 is 2.45 bits per heavy atom. The van der Waals surface area contributed by atoms with E-state index >= 15 is 0 Å². The molecule has 0 aromatic heterocycles. The molecule has 1 aliphatic carbocycles. The van der Waals surface area contributed by atoms with E-state index in [2.05, 4.69) is 4.99 Å². The van der Waals surface area contributed by atoms with E-state index in [9.17, 15) is 4.79 Å². The summed E-state index contributed by atoms with van der Waals surface area (Å²) in [5, 5.41) is 0.